The number of nitrogens with one attached hydrogen (secondary N) is 1. The summed E-state index contributed by atoms with van der Waals surface area (Å²) in [6, 6.07) is 11.9. The third kappa shape index (κ3) is 3.14. The SMILES string of the molecule is N#Cc1cncc(N2CCN(C(=O)N3CCC(c4cn[nH]c4)C3)c3ccccc32)c1. The van der Waals surface area contributed by atoms with E-state index < -0.39 is 0 Å². The number of para-hydroxylation sites is 2. The monoisotopic (exact) mass is 399 g/mol. The molecular formula is C22H21N7O. The second-order valence-electron chi connectivity index (χ2n) is 7.58. The van der Waals surface area contributed by atoms with E-state index in [-0.39, 0.29) is 6.03 Å². The lowest BCUT2D eigenvalue weighted by Crippen LogP contribution is -2.48. The molecule has 2 aliphatic rings. The molecule has 0 saturated carbocycles. The molecular weight excluding hydrogens is 378 g/mol. The fourth-order valence-electron chi connectivity index (χ4n) is 4.33. The van der Waals surface area contributed by atoms with Gasteiger partial charge in [-0.1, -0.05) is 12.1 Å². The molecule has 0 spiro atoms. The Morgan fingerprint density at radius 1 is 1.13 bits per heavy atom. The zero-order chi connectivity index (χ0) is 20.5. The van der Waals surface area contributed by atoms with Gasteiger partial charge in [0.25, 0.3) is 0 Å². The Kier molecular flexibility index (Phi) is 4.56. The molecule has 1 N–H and O–H groups in total. The molecule has 0 radical (unpaired) electrons. The summed E-state index contributed by atoms with van der Waals surface area (Å²) >= 11 is 0. The van der Waals surface area contributed by atoms with E-state index in [1.54, 1.807) is 12.4 Å². The summed E-state index contributed by atoms with van der Waals surface area (Å²) in [6.45, 7) is 2.65. The average Bonchev–Trinajstić information content (AvgIpc) is 3.50. The third-order valence-electron chi connectivity index (χ3n) is 5.86. The lowest BCUT2D eigenvalue weighted by atomic mass is 10.0. The summed E-state index contributed by atoms with van der Waals surface area (Å²) in [7, 11) is 0. The summed E-state index contributed by atoms with van der Waals surface area (Å²) in [5, 5.41) is 16.1. The predicted octanol–water partition coefficient (Wildman–Crippen LogP) is 3.24. The van der Waals surface area contributed by atoms with Gasteiger partial charge in [-0.15, -0.1) is 0 Å². The Balaban J connectivity index is 1.40. The number of anilines is 3. The van der Waals surface area contributed by atoms with Gasteiger partial charge in [-0.3, -0.25) is 15.0 Å². The van der Waals surface area contributed by atoms with Gasteiger partial charge in [-0.05, 0) is 30.2 Å². The van der Waals surface area contributed by atoms with Gasteiger partial charge in [0, 0.05) is 44.5 Å². The molecule has 1 unspecified atom stereocenters. The maximum atomic E-state index is 13.4. The van der Waals surface area contributed by atoms with Crippen LogP contribution in [0.15, 0.2) is 55.1 Å². The van der Waals surface area contributed by atoms with Gasteiger partial charge in [0.05, 0.1) is 35.0 Å². The largest absolute Gasteiger partial charge is 0.337 e. The van der Waals surface area contributed by atoms with Crippen LogP contribution in [-0.4, -0.2) is 52.3 Å². The molecule has 30 heavy (non-hydrogen) atoms. The first-order chi connectivity index (χ1) is 14.7. The van der Waals surface area contributed by atoms with E-state index in [2.05, 4.69) is 26.2 Å². The number of rotatable bonds is 2. The molecule has 4 heterocycles. The zero-order valence-corrected chi connectivity index (χ0v) is 16.4. The summed E-state index contributed by atoms with van der Waals surface area (Å²) in [5.41, 5.74) is 4.35. The van der Waals surface area contributed by atoms with E-state index in [9.17, 15) is 10.1 Å². The van der Waals surface area contributed by atoms with Crippen molar-refractivity contribution in [3.63, 3.8) is 0 Å². The number of amides is 2. The molecule has 3 aromatic rings. The zero-order valence-electron chi connectivity index (χ0n) is 16.4. The second-order valence-corrected chi connectivity index (χ2v) is 7.58. The van der Waals surface area contributed by atoms with Crippen LogP contribution in [0.2, 0.25) is 0 Å². The molecule has 2 aromatic heterocycles. The van der Waals surface area contributed by atoms with Crippen LogP contribution < -0.4 is 9.80 Å². The van der Waals surface area contributed by atoms with Crippen molar-refractivity contribution in [1.82, 2.24) is 20.1 Å². The summed E-state index contributed by atoms with van der Waals surface area (Å²) in [4.78, 5) is 23.5. The van der Waals surface area contributed by atoms with Crippen LogP contribution in [0.25, 0.3) is 0 Å². The standard InChI is InChI=1S/C22H21N7O/c23-10-16-9-19(14-24-11-16)28-7-8-29(21-4-2-1-3-20(21)28)22(30)27-6-5-17(15-27)18-12-25-26-13-18/h1-4,9,11-14,17H,5-8,15H2,(H,25,26). The molecule has 1 saturated heterocycles. The summed E-state index contributed by atoms with van der Waals surface area (Å²) < 4.78 is 0. The number of carbonyl (C=O) groups excluding carboxylic acids is 1. The Bertz CT molecular complexity index is 1100. The quantitative estimate of drug-likeness (QED) is 0.714. The van der Waals surface area contributed by atoms with Gasteiger partial charge in [0.1, 0.15) is 6.07 Å². The number of urea groups is 1. The fourth-order valence-corrected chi connectivity index (χ4v) is 4.33. The average molecular weight is 399 g/mol. The van der Waals surface area contributed by atoms with Gasteiger partial charge in [0.2, 0.25) is 0 Å². The number of aromatic amines is 1. The van der Waals surface area contributed by atoms with Crippen molar-refractivity contribution in [2.75, 3.05) is 36.0 Å². The lowest BCUT2D eigenvalue weighted by Gasteiger charge is -2.39. The molecule has 1 atom stereocenters. The second kappa shape index (κ2) is 7.52. The van der Waals surface area contributed by atoms with Gasteiger partial charge < -0.3 is 9.80 Å². The highest BCUT2D eigenvalue weighted by atomic mass is 16.2. The number of likely N-dealkylation sites (tertiary alicyclic amines) is 1. The third-order valence-corrected chi connectivity index (χ3v) is 5.86. The molecule has 8 heteroatoms. The number of aromatic nitrogens is 3. The molecule has 0 bridgehead atoms. The van der Waals surface area contributed by atoms with Crippen LogP contribution >= 0.6 is 0 Å². The number of carbonyl (C=O) groups is 1. The van der Waals surface area contributed by atoms with Crippen molar-refractivity contribution >= 4 is 23.1 Å². The van der Waals surface area contributed by atoms with E-state index in [0.29, 0.717) is 31.1 Å². The Labute approximate surface area is 174 Å². The van der Waals surface area contributed by atoms with Crippen molar-refractivity contribution in [3.05, 3.63) is 66.2 Å². The van der Waals surface area contributed by atoms with E-state index in [1.165, 1.54) is 0 Å². The number of hydrogen-bond donors (Lipinski definition) is 1. The first kappa shape index (κ1) is 18.2. The number of nitriles is 1. The van der Waals surface area contributed by atoms with Crippen LogP contribution in [0.3, 0.4) is 0 Å². The van der Waals surface area contributed by atoms with Gasteiger partial charge in [0.15, 0.2) is 0 Å². The molecule has 0 aliphatic carbocycles. The van der Waals surface area contributed by atoms with Crippen molar-refractivity contribution in [1.29, 1.82) is 5.26 Å². The maximum absolute atomic E-state index is 13.4. The molecule has 1 fully saturated rings. The minimum atomic E-state index is 0.0389. The Hall–Kier alpha value is -3.86. The number of benzene rings is 1. The van der Waals surface area contributed by atoms with Gasteiger partial charge in [-0.2, -0.15) is 10.4 Å². The van der Waals surface area contributed by atoms with Crippen LogP contribution in [0.4, 0.5) is 21.9 Å². The highest BCUT2D eigenvalue weighted by Gasteiger charge is 2.34. The van der Waals surface area contributed by atoms with E-state index in [1.807, 2.05) is 52.5 Å². The molecule has 150 valence electrons. The first-order valence-electron chi connectivity index (χ1n) is 10.0. The van der Waals surface area contributed by atoms with Gasteiger partial charge in [-0.25, -0.2) is 4.79 Å². The van der Waals surface area contributed by atoms with Crippen LogP contribution in [0, 0.1) is 11.3 Å². The van der Waals surface area contributed by atoms with Gasteiger partial charge >= 0.3 is 6.03 Å². The molecule has 8 nitrogen and oxygen atoms in total. The number of fused-ring (bicyclic) bond motifs is 1. The highest BCUT2D eigenvalue weighted by Crippen LogP contribution is 2.38. The number of pyridine rings is 1. The van der Waals surface area contributed by atoms with E-state index >= 15 is 0 Å². The van der Waals surface area contributed by atoms with Crippen LogP contribution in [-0.2, 0) is 0 Å². The van der Waals surface area contributed by atoms with Crippen LogP contribution in [0.5, 0.6) is 0 Å². The minimum Gasteiger partial charge on any atom is -0.337 e. The van der Waals surface area contributed by atoms with Crippen molar-refractivity contribution in [3.8, 4) is 6.07 Å². The highest BCUT2D eigenvalue weighted by molar-refractivity contribution is 5.98. The number of hydrogen-bond acceptors (Lipinski definition) is 5. The van der Waals surface area contributed by atoms with E-state index in [4.69, 9.17) is 0 Å². The maximum Gasteiger partial charge on any atom is 0.324 e. The molecule has 5 rings (SSSR count). The minimum absolute atomic E-state index is 0.0389. The fraction of sp³-hybridized carbons (Fsp3) is 0.273. The van der Waals surface area contributed by atoms with Crippen molar-refractivity contribution in [2.45, 2.75) is 12.3 Å². The molecule has 2 amide bonds. The topological polar surface area (TPSA) is 92.2 Å². The Morgan fingerprint density at radius 3 is 2.80 bits per heavy atom. The van der Waals surface area contributed by atoms with Crippen LogP contribution in [0.1, 0.15) is 23.5 Å². The normalized spacial score (nSPS) is 18.2. The number of H-pyrrole nitrogens is 1. The summed E-state index contributed by atoms with van der Waals surface area (Å²) in [6.07, 6.45) is 8.01. The Morgan fingerprint density at radius 2 is 2.00 bits per heavy atom. The first-order valence-corrected chi connectivity index (χ1v) is 10.0. The predicted molar refractivity (Wildman–Crippen MR) is 113 cm³/mol. The van der Waals surface area contributed by atoms with E-state index in [0.717, 1.165) is 35.6 Å². The lowest BCUT2D eigenvalue weighted by molar-refractivity contribution is 0.215. The summed E-state index contributed by atoms with van der Waals surface area (Å²) in [5.74, 6) is 0.323. The molecule has 1 aromatic carbocycles. The van der Waals surface area contributed by atoms with Crippen molar-refractivity contribution < 1.29 is 4.79 Å². The number of nitrogens with zero attached hydrogens (tertiary/aromatic N) is 6. The molecule has 2 aliphatic heterocycles. The van der Waals surface area contributed by atoms with Crippen molar-refractivity contribution in [2.24, 2.45) is 0 Å². The smallest absolute Gasteiger partial charge is 0.324 e.